The van der Waals surface area contributed by atoms with Crippen molar-refractivity contribution in [3.8, 4) is 5.69 Å². The van der Waals surface area contributed by atoms with Gasteiger partial charge >= 0.3 is 0 Å². The van der Waals surface area contributed by atoms with Gasteiger partial charge in [0.05, 0.1) is 11.4 Å². The van der Waals surface area contributed by atoms with E-state index in [1.54, 1.807) is 0 Å². The molecule has 2 rings (SSSR count). The van der Waals surface area contributed by atoms with Crippen molar-refractivity contribution in [2.45, 2.75) is 26.8 Å². The van der Waals surface area contributed by atoms with Gasteiger partial charge < -0.3 is 5.73 Å². The van der Waals surface area contributed by atoms with Crippen molar-refractivity contribution < 1.29 is 0 Å². The van der Waals surface area contributed by atoms with Crippen LogP contribution in [0.25, 0.3) is 5.69 Å². The third-order valence-electron chi connectivity index (χ3n) is 2.63. The van der Waals surface area contributed by atoms with Crippen LogP contribution in [-0.2, 0) is 0 Å². The number of nitrogens with two attached hydrogens (primary N) is 1. The zero-order chi connectivity index (χ0) is 12.6. The molecule has 17 heavy (non-hydrogen) atoms. The molecule has 0 saturated heterocycles. The van der Waals surface area contributed by atoms with E-state index in [1.165, 1.54) is 5.56 Å². The second kappa shape index (κ2) is 4.58. The summed E-state index contributed by atoms with van der Waals surface area (Å²) >= 11 is 3.48. The molecular formula is C12H15BrN4. The molecule has 5 heteroatoms. The molecule has 1 unspecified atom stereocenters. The average Bonchev–Trinajstić information content (AvgIpc) is 2.58. The second-order valence-electron chi connectivity index (χ2n) is 4.25. The molecule has 1 atom stereocenters. The molecule has 0 aliphatic rings. The lowest BCUT2D eigenvalue weighted by molar-refractivity contribution is 0.756. The maximum atomic E-state index is 5.84. The van der Waals surface area contributed by atoms with E-state index in [9.17, 15) is 0 Å². The van der Waals surface area contributed by atoms with Crippen molar-refractivity contribution in [2.75, 3.05) is 0 Å². The number of nitrogens with zero attached hydrogens (tertiary/aromatic N) is 3. The van der Waals surface area contributed by atoms with Crippen LogP contribution in [0.1, 0.15) is 29.9 Å². The molecule has 0 radical (unpaired) electrons. The molecule has 1 aromatic carbocycles. The monoisotopic (exact) mass is 294 g/mol. The molecule has 0 aliphatic carbocycles. The predicted molar refractivity (Wildman–Crippen MR) is 71.1 cm³/mol. The third-order valence-corrected chi connectivity index (χ3v) is 3.09. The van der Waals surface area contributed by atoms with Crippen LogP contribution in [0, 0.1) is 13.8 Å². The summed E-state index contributed by atoms with van der Waals surface area (Å²) in [6.07, 6.45) is 0. The van der Waals surface area contributed by atoms with Gasteiger partial charge in [0.2, 0.25) is 0 Å². The molecule has 4 nitrogen and oxygen atoms in total. The minimum Gasteiger partial charge on any atom is -0.323 e. The van der Waals surface area contributed by atoms with Gasteiger partial charge in [-0.15, -0.1) is 5.10 Å². The number of benzene rings is 1. The van der Waals surface area contributed by atoms with Crippen molar-refractivity contribution in [3.05, 3.63) is 39.6 Å². The Labute approximate surface area is 109 Å². The molecule has 0 aliphatic heterocycles. The number of rotatable bonds is 2. The zero-order valence-corrected chi connectivity index (χ0v) is 11.7. The molecule has 0 spiro atoms. The van der Waals surface area contributed by atoms with Gasteiger partial charge in [-0.3, -0.25) is 0 Å². The van der Waals surface area contributed by atoms with E-state index in [1.807, 2.05) is 31.5 Å². The van der Waals surface area contributed by atoms with Crippen molar-refractivity contribution in [1.82, 2.24) is 15.0 Å². The average molecular weight is 295 g/mol. The summed E-state index contributed by atoms with van der Waals surface area (Å²) in [7, 11) is 0. The summed E-state index contributed by atoms with van der Waals surface area (Å²) in [5.74, 6) is 0. The summed E-state index contributed by atoms with van der Waals surface area (Å²) in [6.45, 7) is 5.94. The van der Waals surface area contributed by atoms with Gasteiger partial charge in [-0.05, 0) is 44.5 Å². The summed E-state index contributed by atoms with van der Waals surface area (Å²) in [6, 6.07) is 6.04. The van der Waals surface area contributed by atoms with Crippen LogP contribution in [0.4, 0.5) is 0 Å². The minimum absolute atomic E-state index is 0.100. The van der Waals surface area contributed by atoms with Crippen molar-refractivity contribution in [1.29, 1.82) is 0 Å². The molecule has 0 amide bonds. The maximum absolute atomic E-state index is 5.84. The Morgan fingerprint density at radius 2 is 2.00 bits per heavy atom. The number of aromatic nitrogens is 3. The highest BCUT2D eigenvalue weighted by molar-refractivity contribution is 9.10. The standard InChI is InChI=1S/C12H15BrN4/c1-7-4-10(13)6-11(5-7)17-9(3)12(8(2)14)15-16-17/h4-6,8H,14H2,1-3H3. The third kappa shape index (κ3) is 2.40. The van der Waals surface area contributed by atoms with Crippen LogP contribution in [0.5, 0.6) is 0 Å². The van der Waals surface area contributed by atoms with Gasteiger partial charge in [0.15, 0.2) is 0 Å². The lowest BCUT2D eigenvalue weighted by Crippen LogP contribution is -2.08. The molecule has 90 valence electrons. The Morgan fingerprint density at radius 1 is 1.29 bits per heavy atom. The van der Waals surface area contributed by atoms with Crippen LogP contribution < -0.4 is 5.73 Å². The summed E-state index contributed by atoms with van der Waals surface area (Å²) in [5, 5.41) is 8.28. The highest BCUT2D eigenvalue weighted by Gasteiger charge is 2.13. The van der Waals surface area contributed by atoms with E-state index in [2.05, 4.69) is 38.4 Å². The first-order chi connectivity index (χ1) is 7.99. The fourth-order valence-corrected chi connectivity index (χ4v) is 2.44. The van der Waals surface area contributed by atoms with E-state index in [0.717, 1.165) is 21.5 Å². The Bertz CT molecular complexity index is 525. The molecule has 0 fully saturated rings. The molecule has 1 heterocycles. The molecule has 0 bridgehead atoms. The summed E-state index contributed by atoms with van der Waals surface area (Å²) < 4.78 is 2.85. The fraction of sp³-hybridized carbons (Fsp3) is 0.333. The Balaban J connectivity index is 2.53. The van der Waals surface area contributed by atoms with Crippen molar-refractivity contribution >= 4 is 15.9 Å². The van der Waals surface area contributed by atoms with Crippen molar-refractivity contribution in [3.63, 3.8) is 0 Å². The van der Waals surface area contributed by atoms with Gasteiger partial charge in [0, 0.05) is 10.5 Å². The normalized spacial score (nSPS) is 12.8. The van der Waals surface area contributed by atoms with Crippen LogP contribution in [0.3, 0.4) is 0 Å². The number of hydrogen-bond donors (Lipinski definition) is 1. The summed E-state index contributed by atoms with van der Waals surface area (Å²) in [5.41, 5.74) is 9.83. The minimum atomic E-state index is -0.100. The molecule has 2 aromatic rings. The van der Waals surface area contributed by atoms with Crippen molar-refractivity contribution in [2.24, 2.45) is 5.73 Å². The van der Waals surface area contributed by atoms with E-state index in [-0.39, 0.29) is 6.04 Å². The van der Waals surface area contributed by atoms with Crippen LogP contribution in [-0.4, -0.2) is 15.0 Å². The molecule has 0 saturated carbocycles. The first-order valence-corrected chi connectivity index (χ1v) is 6.23. The molecule has 1 aromatic heterocycles. The highest BCUT2D eigenvalue weighted by Crippen LogP contribution is 2.21. The van der Waals surface area contributed by atoms with Gasteiger partial charge in [-0.25, -0.2) is 4.68 Å². The first kappa shape index (κ1) is 12.3. The van der Waals surface area contributed by atoms with Gasteiger partial charge in [-0.2, -0.15) is 0 Å². The maximum Gasteiger partial charge on any atom is 0.102 e. The van der Waals surface area contributed by atoms with Gasteiger partial charge in [-0.1, -0.05) is 21.1 Å². The Hall–Kier alpha value is -1.20. The van der Waals surface area contributed by atoms with E-state index >= 15 is 0 Å². The first-order valence-electron chi connectivity index (χ1n) is 5.44. The van der Waals surface area contributed by atoms with E-state index in [0.29, 0.717) is 0 Å². The lowest BCUT2D eigenvalue weighted by Gasteiger charge is -2.07. The van der Waals surface area contributed by atoms with E-state index < -0.39 is 0 Å². The smallest absolute Gasteiger partial charge is 0.102 e. The number of hydrogen-bond acceptors (Lipinski definition) is 3. The quantitative estimate of drug-likeness (QED) is 0.926. The van der Waals surface area contributed by atoms with Crippen LogP contribution >= 0.6 is 15.9 Å². The lowest BCUT2D eigenvalue weighted by atomic mass is 10.2. The Morgan fingerprint density at radius 3 is 2.53 bits per heavy atom. The van der Waals surface area contributed by atoms with Gasteiger partial charge in [0.1, 0.15) is 5.69 Å². The fourth-order valence-electron chi connectivity index (χ4n) is 1.85. The van der Waals surface area contributed by atoms with Crippen LogP contribution in [0.15, 0.2) is 22.7 Å². The van der Waals surface area contributed by atoms with Gasteiger partial charge in [0.25, 0.3) is 0 Å². The van der Waals surface area contributed by atoms with Crippen LogP contribution in [0.2, 0.25) is 0 Å². The molecular weight excluding hydrogens is 280 g/mol. The molecule has 2 N–H and O–H groups in total. The SMILES string of the molecule is Cc1cc(Br)cc(-n2nnc(C(C)N)c2C)c1. The highest BCUT2D eigenvalue weighted by atomic mass is 79.9. The Kier molecular flexibility index (Phi) is 3.31. The second-order valence-corrected chi connectivity index (χ2v) is 5.16. The number of aryl methyl sites for hydroxylation is 1. The van der Waals surface area contributed by atoms with E-state index in [4.69, 9.17) is 5.73 Å². The predicted octanol–water partition coefficient (Wildman–Crippen LogP) is 2.67. The number of halogens is 1. The topological polar surface area (TPSA) is 56.7 Å². The largest absolute Gasteiger partial charge is 0.323 e. The summed E-state index contributed by atoms with van der Waals surface area (Å²) in [4.78, 5) is 0. The zero-order valence-electron chi connectivity index (χ0n) is 10.1.